The van der Waals surface area contributed by atoms with Gasteiger partial charge in [-0.2, -0.15) is 0 Å². The van der Waals surface area contributed by atoms with Gasteiger partial charge in [-0.1, -0.05) is 0 Å². The van der Waals surface area contributed by atoms with Gasteiger partial charge in [0, 0.05) is 17.3 Å². The highest BCUT2D eigenvalue weighted by Gasteiger charge is 2.47. The fraction of sp³-hybridized carbons (Fsp3) is 0.700. The zero-order valence-corrected chi connectivity index (χ0v) is 11.2. The molecule has 3 N–H and O–H groups in total. The SMILES string of the molecule is Cc1nc(C(O)C2(CN)CCS(=O)(=O)C2)cs1. The molecule has 0 saturated carbocycles. The van der Waals surface area contributed by atoms with Crippen molar-refractivity contribution in [2.24, 2.45) is 11.1 Å². The Morgan fingerprint density at radius 2 is 2.41 bits per heavy atom. The third kappa shape index (κ3) is 2.37. The number of sulfone groups is 1. The van der Waals surface area contributed by atoms with E-state index in [1.54, 1.807) is 5.38 Å². The summed E-state index contributed by atoms with van der Waals surface area (Å²) in [6.07, 6.45) is -0.487. The standard InChI is InChI=1S/C10H16N2O3S2/c1-7-12-8(4-16-7)9(13)10(5-11)2-3-17(14,15)6-10/h4,9,13H,2-3,5-6,11H2,1H3. The predicted octanol–water partition coefficient (Wildman–Crippen LogP) is 0.249. The lowest BCUT2D eigenvalue weighted by Gasteiger charge is -2.30. The van der Waals surface area contributed by atoms with E-state index in [0.717, 1.165) is 5.01 Å². The molecule has 17 heavy (non-hydrogen) atoms. The fourth-order valence-corrected chi connectivity index (χ4v) is 5.04. The number of aromatic nitrogens is 1. The Kier molecular flexibility index (Phi) is 3.28. The average molecular weight is 276 g/mol. The van der Waals surface area contributed by atoms with Gasteiger partial charge in [0.15, 0.2) is 9.84 Å². The van der Waals surface area contributed by atoms with Crippen molar-refractivity contribution in [3.8, 4) is 0 Å². The second kappa shape index (κ2) is 4.31. The maximum absolute atomic E-state index is 11.6. The van der Waals surface area contributed by atoms with E-state index in [1.807, 2.05) is 6.92 Å². The van der Waals surface area contributed by atoms with Crippen molar-refractivity contribution in [1.82, 2.24) is 4.98 Å². The highest BCUT2D eigenvalue weighted by atomic mass is 32.2. The Morgan fingerprint density at radius 3 is 2.82 bits per heavy atom. The second-order valence-electron chi connectivity index (χ2n) is 4.60. The number of thiazole rings is 1. The quantitative estimate of drug-likeness (QED) is 0.825. The van der Waals surface area contributed by atoms with Crippen molar-refractivity contribution >= 4 is 21.2 Å². The summed E-state index contributed by atoms with van der Waals surface area (Å²) >= 11 is 1.44. The largest absolute Gasteiger partial charge is 0.386 e. The van der Waals surface area contributed by atoms with Crippen LogP contribution in [0, 0.1) is 12.3 Å². The van der Waals surface area contributed by atoms with Crippen LogP contribution in [0.3, 0.4) is 0 Å². The third-order valence-corrected chi connectivity index (χ3v) is 5.95. The zero-order chi connectivity index (χ0) is 12.7. The minimum atomic E-state index is -3.08. The van der Waals surface area contributed by atoms with E-state index in [0.29, 0.717) is 12.1 Å². The van der Waals surface area contributed by atoms with Crippen molar-refractivity contribution in [2.45, 2.75) is 19.4 Å². The van der Waals surface area contributed by atoms with Gasteiger partial charge in [-0.3, -0.25) is 0 Å². The molecule has 1 aliphatic heterocycles. The van der Waals surface area contributed by atoms with E-state index in [1.165, 1.54) is 11.3 Å². The highest BCUT2D eigenvalue weighted by Crippen LogP contribution is 2.42. The Hall–Kier alpha value is -0.500. The number of aryl methyl sites for hydroxylation is 1. The van der Waals surface area contributed by atoms with Gasteiger partial charge < -0.3 is 10.8 Å². The summed E-state index contributed by atoms with van der Waals surface area (Å²) < 4.78 is 23.1. The van der Waals surface area contributed by atoms with Crippen LogP contribution in [-0.2, 0) is 9.84 Å². The number of hydrogen-bond donors (Lipinski definition) is 2. The molecule has 7 heteroatoms. The van der Waals surface area contributed by atoms with Crippen LogP contribution in [0.2, 0.25) is 0 Å². The van der Waals surface area contributed by atoms with E-state index in [-0.39, 0.29) is 18.1 Å². The van der Waals surface area contributed by atoms with Crippen LogP contribution in [0.25, 0.3) is 0 Å². The van der Waals surface area contributed by atoms with E-state index in [4.69, 9.17) is 5.73 Å². The third-order valence-electron chi connectivity index (χ3n) is 3.32. The van der Waals surface area contributed by atoms with Gasteiger partial charge in [-0.25, -0.2) is 13.4 Å². The lowest BCUT2D eigenvalue weighted by molar-refractivity contribution is 0.0441. The summed E-state index contributed by atoms with van der Waals surface area (Å²) in [5.41, 5.74) is 5.46. The van der Waals surface area contributed by atoms with Gasteiger partial charge in [0.05, 0.1) is 22.2 Å². The summed E-state index contributed by atoms with van der Waals surface area (Å²) in [6.45, 7) is 2.01. The number of hydrogen-bond acceptors (Lipinski definition) is 6. The lowest BCUT2D eigenvalue weighted by Crippen LogP contribution is -2.38. The molecule has 0 radical (unpaired) electrons. The number of rotatable bonds is 3. The van der Waals surface area contributed by atoms with E-state index in [9.17, 15) is 13.5 Å². The lowest BCUT2D eigenvalue weighted by atomic mass is 9.80. The number of aliphatic hydroxyl groups is 1. The minimum Gasteiger partial charge on any atom is -0.386 e. The normalized spacial score (nSPS) is 29.4. The first-order valence-electron chi connectivity index (χ1n) is 5.39. The van der Waals surface area contributed by atoms with Gasteiger partial charge in [0.1, 0.15) is 6.10 Å². The van der Waals surface area contributed by atoms with Gasteiger partial charge in [0.2, 0.25) is 0 Å². The topological polar surface area (TPSA) is 93.3 Å². The van der Waals surface area contributed by atoms with Gasteiger partial charge in [0.25, 0.3) is 0 Å². The van der Waals surface area contributed by atoms with Crippen LogP contribution in [0.1, 0.15) is 23.2 Å². The molecule has 96 valence electrons. The summed E-state index contributed by atoms with van der Waals surface area (Å²) in [5.74, 6) is 0.0542. The monoisotopic (exact) mass is 276 g/mol. The maximum atomic E-state index is 11.6. The zero-order valence-electron chi connectivity index (χ0n) is 9.59. The molecule has 1 aromatic rings. The molecule has 1 saturated heterocycles. The van der Waals surface area contributed by atoms with E-state index < -0.39 is 21.4 Å². The average Bonchev–Trinajstić information content (AvgIpc) is 2.82. The molecule has 2 heterocycles. The van der Waals surface area contributed by atoms with E-state index in [2.05, 4.69) is 4.98 Å². The van der Waals surface area contributed by atoms with Gasteiger partial charge >= 0.3 is 0 Å². The molecule has 0 amide bonds. The van der Waals surface area contributed by atoms with Crippen molar-refractivity contribution < 1.29 is 13.5 Å². The molecule has 2 atom stereocenters. The molecule has 1 aliphatic rings. The van der Waals surface area contributed by atoms with Crippen molar-refractivity contribution in [3.63, 3.8) is 0 Å². The van der Waals surface area contributed by atoms with Gasteiger partial charge in [-0.05, 0) is 13.3 Å². The summed E-state index contributed by atoms with van der Waals surface area (Å²) in [7, 11) is -3.08. The van der Waals surface area contributed by atoms with Crippen LogP contribution in [0.4, 0.5) is 0 Å². The Labute approximate surface area is 105 Å². The Bertz CT molecular complexity index is 511. The van der Waals surface area contributed by atoms with Crippen LogP contribution in [0.15, 0.2) is 5.38 Å². The molecular formula is C10H16N2O3S2. The predicted molar refractivity (Wildman–Crippen MR) is 66.6 cm³/mol. The minimum absolute atomic E-state index is 0.0474. The molecule has 2 rings (SSSR count). The van der Waals surface area contributed by atoms with Crippen molar-refractivity contribution in [1.29, 1.82) is 0 Å². The summed E-state index contributed by atoms with van der Waals surface area (Å²) in [5, 5.41) is 12.9. The molecule has 0 spiro atoms. The van der Waals surface area contributed by atoms with Crippen LogP contribution in [-0.4, -0.2) is 36.6 Å². The molecule has 1 aromatic heterocycles. The molecular weight excluding hydrogens is 260 g/mol. The first kappa shape index (κ1) is 12.9. The maximum Gasteiger partial charge on any atom is 0.151 e. The number of aliphatic hydroxyl groups excluding tert-OH is 1. The first-order valence-corrected chi connectivity index (χ1v) is 8.09. The molecule has 0 aromatic carbocycles. The number of nitrogens with zero attached hydrogens (tertiary/aromatic N) is 1. The highest BCUT2D eigenvalue weighted by molar-refractivity contribution is 7.91. The Balaban J connectivity index is 2.31. The number of nitrogens with two attached hydrogens (primary N) is 1. The van der Waals surface area contributed by atoms with Crippen molar-refractivity contribution in [2.75, 3.05) is 18.1 Å². The van der Waals surface area contributed by atoms with Crippen LogP contribution in [0.5, 0.6) is 0 Å². The summed E-state index contributed by atoms with van der Waals surface area (Å²) in [4.78, 5) is 4.21. The molecule has 2 unspecified atom stereocenters. The molecule has 5 nitrogen and oxygen atoms in total. The fourth-order valence-electron chi connectivity index (χ4n) is 2.25. The smallest absolute Gasteiger partial charge is 0.151 e. The Morgan fingerprint density at radius 1 is 1.71 bits per heavy atom. The van der Waals surface area contributed by atoms with Crippen molar-refractivity contribution in [3.05, 3.63) is 16.1 Å². The van der Waals surface area contributed by atoms with Crippen LogP contribution >= 0.6 is 11.3 Å². The molecule has 0 aliphatic carbocycles. The van der Waals surface area contributed by atoms with Gasteiger partial charge in [-0.15, -0.1) is 11.3 Å². The summed E-state index contributed by atoms with van der Waals surface area (Å²) in [6, 6.07) is 0. The molecule has 1 fully saturated rings. The van der Waals surface area contributed by atoms with E-state index >= 15 is 0 Å². The molecule has 0 bridgehead atoms. The first-order chi connectivity index (χ1) is 7.88. The second-order valence-corrected chi connectivity index (χ2v) is 7.85. The van der Waals surface area contributed by atoms with Crippen LogP contribution < -0.4 is 5.73 Å².